The molecule has 14 heavy (non-hydrogen) atoms. The third kappa shape index (κ3) is 2.08. The number of nitrogens with zero attached hydrogens (tertiary/aromatic N) is 1. The second-order valence-corrected chi connectivity index (χ2v) is 4.79. The molecule has 0 aromatic heterocycles. The third-order valence-electron chi connectivity index (χ3n) is 3.38. The van der Waals surface area contributed by atoms with Gasteiger partial charge in [0.1, 0.15) is 0 Å². The molecular formula is C11H20N2O. The van der Waals surface area contributed by atoms with E-state index in [4.69, 9.17) is 0 Å². The van der Waals surface area contributed by atoms with Gasteiger partial charge in [-0.05, 0) is 39.5 Å². The number of carbonyl (C=O) groups excluding carboxylic acids is 1. The fraction of sp³-hybridized carbons (Fsp3) is 0.909. The average Bonchev–Trinajstić information content (AvgIpc) is 2.94. The van der Waals surface area contributed by atoms with Gasteiger partial charge in [-0.1, -0.05) is 6.42 Å². The largest absolute Gasteiger partial charge is 0.288 e. The number of piperidine rings is 1. The number of hydrazine groups is 1. The Labute approximate surface area is 85.8 Å². The first kappa shape index (κ1) is 9.97. The van der Waals surface area contributed by atoms with Gasteiger partial charge in [0.05, 0.1) is 0 Å². The lowest BCUT2D eigenvalue weighted by Crippen LogP contribution is -2.54. The summed E-state index contributed by atoms with van der Waals surface area (Å²) >= 11 is 0. The minimum Gasteiger partial charge on any atom is -0.288 e. The molecule has 2 atom stereocenters. The maximum Gasteiger partial charge on any atom is 0.237 e. The Balaban J connectivity index is 1.89. The lowest BCUT2D eigenvalue weighted by atomic mass is 10.00. The summed E-state index contributed by atoms with van der Waals surface area (Å²) in [5, 5.41) is 2.16. The molecule has 1 aliphatic carbocycles. The van der Waals surface area contributed by atoms with Crippen molar-refractivity contribution in [3.05, 3.63) is 0 Å². The zero-order valence-corrected chi connectivity index (χ0v) is 9.12. The number of nitrogens with one attached hydrogen (secondary N) is 1. The predicted molar refractivity (Wildman–Crippen MR) is 55.5 cm³/mol. The highest BCUT2D eigenvalue weighted by Crippen LogP contribution is 2.29. The normalized spacial score (nSPS) is 34.1. The Morgan fingerprint density at radius 2 is 1.71 bits per heavy atom. The Kier molecular flexibility index (Phi) is 2.77. The van der Waals surface area contributed by atoms with Crippen molar-refractivity contribution in [3.8, 4) is 0 Å². The molecule has 0 bridgehead atoms. The molecule has 1 saturated heterocycles. The number of carbonyl (C=O) groups is 1. The minimum atomic E-state index is 0.241. The zero-order chi connectivity index (χ0) is 10.1. The first-order valence-corrected chi connectivity index (χ1v) is 5.77. The molecule has 0 radical (unpaired) electrons. The van der Waals surface area contributed by atoms with Crippen molar-refractivity contribution in [2.45, 2.75) is 58.0 Å². The Bertz CT molecular complexity index is 215. The summed E-state index contributed by atoms with van der Waals surface area (Å²) in [7, 11) is 0. The number of hydrogen-bond donors (Lipinski definition) is 1. The van der Waals surface area contributed by atoms with Crippen LogP contribution in [0.4, 0.5) is 0 Å². The lowest BCUT2D eigenvalue weighted by molar-refractivity contribution is -0.130. The summed E-state index contributed by atoms with van der Waals surface area (Å²) in [6, 6.07) is 1.00. The van der Waals surface area contributed by atoms with Gasteiger partial charge in [0.2, 0.25) is 5.91 Å². The molecule has 2 aliphatic rings. The van der Waals surface area contributed by atoms with Gasteiger partial charge in [-0.15, -0.1) is 0 Å². The minimum absolute atomic E-state index is 0.241. The first-order valence-electron chi connectivity index (χ1n) is 5.77. The molecule has 0 aromatic rings. The van der Waals surface area contributed by atoms with Gasteiger partial charge in [0.15, 0.2) is 0 Å². The van der Waals surface area contributed by atoms with Crippen LogP contribution in [0.1, 0.15) is 46.0 Å². The van der Waals surface area contributed by atoms with Gasteiger partial charge >= 0.3 is 0 Å². The molecule has 1 heterocycles. The highest BCUT2D eigenvalue weighted by atomic mass is 16.2. The molecule has 80 valence electrons. The topological polar surface area (TPSA) is 32.3 Å². The predicted octanol–water partition coefficient (Wildman–Crippen LogP) is 1.69. The summed E-state index contributed by atoms with van der Waals surface area (Å²) < 4.78 is 0. The molecule has 1 N–H and O–H groups in total. The molecule has 2 rings (SSSR count). The van der Waals surface area contributed by atoms with E-state index in [1.165, 1.54) is 19.3 Å². The molecule has 3 nitrogen and oxygen atoms in total. The molecule has 0 unspecified atom stereocenters. The third-order valence-corrected chi connectivity index (χ3v) is 3.38. The van der Waals surface area contributed by atoms with Crippen molar-refractivity contribution in [3.63, 3.8) is 0 Å². The van der Waals surface area contributed by atoms with Gasteiger partial charge in [-0.2, -0.15) is 0 Å². The van der Waals surface area contributed by atoms with Crippen molar-refractivity contribution in [1.29, 1.82) is 0 Å². The smallest absolute Gasteiger partial charge is 0.237 e. The molecular weight excluding hydrogens is 176 g/mol. The highest BCUT2D eigenvalue weighted by molar-refractivity contribution is 5.80. The summed E-state index contributed by atoms with van der Waals surface area (Å²) in [5.74, 6) is 0.557. The van der Waals surface area contributed by atoms with E-state index in [1.807, 2.05) is 0 Å². The fourth-order valence-electron chi connectivity index (χ4n) is 2.21. The summed E-state index contributed by atoms with van der Waals surface area (Å²) in [6.45, 7) is 4.39. The maximum atomic E-state index is 11.6. The second-order valence-electron chi connectivity index (χ2n) is 4.79. The molecule has 3 heteroatoms. The van der Waals surface area contributed by atoms with E-state index in [9.17, 15) is 4.79 Å². The fourth-order valence-corrected chi connectivity index (χ4v) is 2.21. The standard InChI is InChI=1S/C11H20N2O/c1-8-4-3-5-9(2)13(8)12-11(14)10-6-7-10/h8-10H,3-7H2,1-2H3,(H,12,14)/t8-,9+. The summed E-state index contributed by atoms with van der Waals surface area (Å²) in [6.07, 6.45) is 5.87. The number of amides is 1. The van der Waals surface area contributed by atoms with Crippen molar-refractivity contribution < 1.29 is 4.79 Å². The van der Waals surface area contributed by atoms with Crippen molar-refractivity contribution in [1.82, 2.24) is 10.4 Å². The quantitative estimate of drug-likeness (QED) is 0.729. The monoisotopic (exact) mass is 196 g/mol. The SMILES string of the molecule is C[C@@H]1CCC[C@H](C)N1NC(=O)C1CC1. The van der Waals surface area contributed by atoms with Crippen LogP contribution in [0.2, 0.25) is 0 Å². The van der Waals surface area contributed by atoms with Crippen molar-refractivity contribution >= 4 is 5.91 Å². The van der Waals surface area contributed by atoms with Gasteiger partial charge in [-0.3, -0.25) is 10.2 Å². The van der Waals surface area contributed by atoms with E-state index < -0.39 is 0 Å². The maximum absolute atomic E-state index is 11.6. The van der Waals surface area contributed by atoms with E-state index in [1.54, 1.807) is 0 Å². The molecule has 1 aliphatic heterocycles. The highest BCUT2D eigenvalue weighted by Gasteiger charge is 2.33. The first-order chi connectivity index (χ1) is 6.68. The van der Waals surface area contributed by atoms with Crippen LogP contribution in [0.3, 0.4) is 0 Å². The zero-order valence-electron chi connectivity index (χ0n) is 9.12. The van der Waals surface area contributed by atoms with Crippen LogP contribution >= 0.6 is 0 Å². The van der Waals surface area contributed by atoms with Crippen LogP contribution in [0.5, 0.6) is 0 Å². The Hall–Kier alpha value is -0.570. The van der Waals surface area contributed by atoms with E-state index in [2.05, 4.69) is 24.3 Å². The Morgan fingerprint density at radius 3 is 2.21 bits per heavy atom. The van der Waals surface area contributed by atoms with E-state index in [-0.39, 0.29) is 5.91 Å². The molecule has 0 aromatic carbocycles. The van der Waals surface area contributed by atoms with E-state index in [0.29, 0.717) is 18.0 Å². The van der Waals surface area contributed by atoms with Crippen LogP contribution in [0, 0.1) is 5.92 Å². The van der Waals surface area contributed by atoms with Gasteiger partial charge < -0.3 is 0 Å². The van der Waals surface area contributed by atoms with Crippen LogP contribution in [0.15, 0.2) is 0 Å². The number of rotatable bonds is 2. The van der Waals surface area contributed by atoms with Crippen LogP contribution in [0.25, 0.3) is 0 Å². The summed E-state index contributed by atoms with van der Waals surface area (Å²) in [4.78, 5) is 11.6. The van der Waals surface area contributed by atoms with Crippen LogP contribution in [-0.2, 0) is 4.79 Å². The molecule has 0 spiro atoms. The van der Waals surface area contributed by atoms with Gasteiger partial charge in [0.25, 0.3) is 0 Å². The van der Waals surface area contributed by atoms with Crippen molar-refractivity contribution in [2.75, 3.05) is 0 Å². The van der Waals surface area contributed by atoms with E-state index in [0.717, 1.165) is 12.8 Å². The van der Waals surface area contributed by atoms with Gasteiger partial charge in [-0.25, -0.2) is 5.01 Å². The van der Waals surface area contributed by atoms with Gasteiger partial charge in [0, 0.05) is 18.0 Å². The van der Waals surface area contributed by atoms with Crippen LogP contribution in [-0.4, -0.2) is 23.0 Å². The average molecular weight is 196 g/mol. The Morgan fingerprint density at radius 1 is 1.14 bits per heavy atom. The lowest BCUT2D eigenvalue weighted by Gasteiger charge is -2.38. The molecule has 1 amide bonds. The molecule has 2 fully saturated rings. The second kappa shape index (κ2) is 3.89. The summed E-state index contributed by atoms with van der Waals surface area (Å²) in [5.41, 5.74) is 3.07. The van der Waals surface area contributed by atoms with Crippen molar-refractivity contribution in [2.24, 2.45) is 5.92 Å². The molecule has 1 saturated carbocycles. The van der Waals surface area contributed by atoms with E-state index >= 15 is 0 Å². The number of hydrogen-bond acceptors (Lipinski definition) is 2. The van der Waals surface area contributed by atoms with Crippen LogP contribution < -0.4 is 5.43 Å².